The van der Waals surface area contributed by atoms with Gasteiger partial charge in [0.05, 0.1) is 0 Å². The van der Waals surface area contributed by atoms with Crippen molar-refractivity contribution < 1.29 is 9.59 Å². The number of ketones is 1. The van der Waals surface area contributed by atoms with Gasteiger partial charge in [0.1, 0.15) is 0 Å². The molecule has 0 saturated heterocycles. The van der Waals surface area contributed by atoms with Gasteiger partial charge < -0.3 is 5.43 Å². The van der Waals surface area contributed by atoms with Crippen molar-refractivity contribution in [1.82, 2.24) is 10.9 Å². The first kappa shape index (κ1) is 14.3. The second-order valence-corrected chi connectivity index (χ2v) is 6.10. The van der Waals surface area contributed by atoms with Gasteiger partial charge in [0, 0.05) is 23.8 Å². The van der Waals surface area contributed by atoms with Crippen molar-refractivity contribution in [2.75, 3.05) is 0 Å². The van der Waals surface area contributed by atoms with E-state index in [1.807, 2.05) is 32.9 Å². The van der Waals surface area contributed by atoms with Crippen LogP contribution in [0.5, 0.6) is 0 Å². The summed E-state index contributed by atoms with van der Waals surface area (Å²) in [6.07, 6.45) is 2.86. The molecule has 0 radical (unpaired) electrons. The van der Waals surface area contributed by atoms with E-state index in [2.05, 4.69) is 10.9 Å². The largest absolute Gasteiger partial charge is 0.302 e. The first-order valence-electron chi connectivity index (χ1n) is 6.72. The number of amides is 1. The minimum atomic E-state index is -0.207. The topological polar surface area (TPSA) is 58.2 Å². The predicted octanol–water partition coefficient (Wildman–Crippen LogP) is 2.50. The molecule has 4 nitrogen and oxygen atoms in total. The first-order chi connectivity index (χ1) is 9.35. The van der Waals surface area contributed by atoms with Crippen molar-refractivity contribution in [2.45, 2.75) is 33.6 Å². The molecule has 106 valence electrons. The second-order valence-electron chi connectivity index (χ2n) is 6.10. The summed E-state index contributed by atoms with van der Waals surface area (Å²) in [5.41, 5.74) is 7.88. The zero-order chi connectivity index (χ0) is 14.8. The standard InChI is InChI=1S/C16H20N2O2/c1-11-4-6-12(7-5-11)15(20)18-17-13-8-14(19)10-16(2,3)9-13/h4-8,17H,9-10H2,1-3H3,(H,18,20). The summed E-state index contributed by atoms with van der Waals surface area (Å²) >= 11 is 0. The number of hydrogen-bond acceptors (Lipinski definition) is 3. The van der Waals surface area contributed by atoms with E-state index in [0.29, 0.717) is 12.0 Å². The lowest BCUT2D eigenvalue weighted by Crippen LogP contribution is -2.39. The predicted molar refractivity (Wildman–Crippen MR) is 77.9 cm³/mol. The Morgan fingerprint density at radius 2 is 1.80 bits per heavy atom. The molecule has 0 fully saturated rings. The molecule has 0 aliphatic heterocycles. The summed E-state index contributed by atoms with van der Waals surface area (Å²) in [7, 11) is 0. The molecule has 1 aromatic rings. The fourth-order valence-corrected chi connectivity index (χ4v) is 2.34. The van der Waals surface area contributed by atoms with Crippen LogP contribution in [0.1, 0.15) is 42.6 Å². The highest BCUT2D eigenvalue weighted by atomic mass is 16.2. The van der Waals surface area contributed by atoms with Crippen molar-refractivity contribution in [1.29, 1.82) is 0 Å². The minimum Gasteiger partial charge on any atom is -0.302 e. The summed E-state index contributed by atoms with van der Waals surface area (Å²) in [5.74, 6) is -0.116. The summed E-state index contributed by atoms with van der Waals surface area (Å²) in [5, 5.41) is 0. The molecule has 2 N–H and O–H groups in total. The van der Waals surface area contributed by atoms with Crippen LogP contribution in [0.25, 0.3) is 0 Å². The van der Waals surface area contributed by atoms with Gasteiger partial charge in [0.25, 0.3) is 5.91 Å². The molecule has 0 aromatic heterocycles. The summed E-state index contributed by atoms with van der Waals surface area (Å²) in [4.78, 5) is 23.6. The number of carbonyl (C=O) groups is 2. The Kier molecular flexibility index (Phi) is 3.93. The molecule has 1 aliphatic carbocycles. The van der Waals surface area contributed by atoms with Gasteiger partial charge in [0.2, 0.25) is 0 Å². The van der Waals surface area contributed by atoms with Crippen LogP contribution in [0, 0.1) is 12.3 Å². The Bertz CT molecular complexity index is 556. The molecule has 1 aromatic carbocycles. The van der Waals surface area contributed by atoms with E-state index in [0.717, 1.165) is 17.7 Å². The van der Waals surface area contributed by atoms with Crippen LogP contribution in [0.3, 0.4) is 0 Å². The molecule has 20 heavy (non-hydrogen) atoms. The Labute approximate surface area is 119 Å². The van der Waals surface area contributed by atoms with Crippen molar-refractivity contribution in [3.05, 3.63) is 47.2 Å². The number of nitrogens with one attached hydrogen (secondary N) is 2. The zero-order valence-corrected chi connectivity index (χ0v) is 12.1. The van der Waals surface area contributed by atoms with E-state index in [-0.39, 0.29) is 17.1 Å². The average molecular weight is 272 g/mol. The highest BCUT2D eigenvalue weighted by molar-refractivity contribution is 5.94. The molecule has 4 heteroatoms. The van der Waals surface area contributed by atoms with Crippen LogP contribution >= 0.6 is 0 Å². The summed E-state index contributed by atoms with van der Waals surface area (Å²) < 4.78 is 0. The quantitative estimate of drug-likeness (QED) is 0.831. The Balaban J connectivity index is 1.97. The molecule has 0 bridgehead atoms. The summed E-state index contributed by atoms with van der Waals surface area (Å²) in [6.45, 7) is 6.06. The van der Waals surface area contributed by atoms with Gasteiger partial charge in [-0.05, 0) is 30.9 Å². The van der Waals surface area contributed by atoms with E-state index in [1.165, 1.54) is 0 Å². The first-order valence-corrected chi connectivity index (χ1v) is 6.72. The smallest absolute Gasteiger partial charge is 0.269 e. The summed E-state index contributed by atoms with van der Waals surface area (Å²) in [6, 6.07) is 7.33. The van der Waals surface area contributed by atoms with Crippen LogP contribution < -0.4 is 10.9 Å². The normalized spacial score (nSPS) is 17.4. The van der Waals surface area contributed by atoms with Gasteiger partial charge in [-0.3, -0.25) is 15.0 Å². The third-order valence-electron chi connectivity index (χ3n) is 3.31. The fraction of sp³-hybridized carbons (Fsp3) is 0.375. The molecule has 1 aliphatic rings. The molecule has 0 saturated carbocycles. The highest BCUT2D eigenvalue weighted by Crippen LogP contribution is 2.32. The maximum absolute atomic E-state index is 12.0. The van der Waals surface area contributed by atoms with Crippen LogP contribution in [0.2, 0.25) is 0 Å². The molecule has 0 unspecified atom stereocenters. The zero-order valence-electron chi connectivity index (χ0n) is 12.1. The van der Waals surface area contributed by atoms with Gasteiger partial charge in [-0.1, -0.05) is 31.5 Å². The van der Waals surface area contributed by atoms with Crippen molar-refractivity contribution in [3.8, 4) is 0 Å². The highest BCUT2D eigenvalue weighted by Gasteiger charge is 2.27. The monoisotopic (exact) mass is 272 g/mol. The van der Waals surface area contributed by atoms with Gasteiger partial charge in [-0.15, -0.1) is 0 Å². The molecular weight excluding hydrogens is 252 g/mol. The number of carbonyl (C=O) groups excluding carboxylic acids is 2. The van der Waals surface area contributed by atoms with Crippen LogP contribution in [-0.4, -0.2) is 11.7 Å². The maximum Gasteiger partial charge on any atom is 0.269 e. The molecule has 2 rings (SSSR count). The maximum atomic E-state index is 12.0. The van der Waals surface area contributed by atoms with E-state index >= 15 is 0 Å². The average Bonchev–Trinajstić information content (AvgIpc) is 2.34. The Morgan fingerprint density at radius 1 is 1.15 bits per heavy atom. The van der Waals surface area contributed by atoms with Gasteiger partial charge >= 0.3 is 0 Å². The number of hydrazine groups is 1. The lowest BCUT2D eigenvalue weighted by molar-refractivity contribution is -0.117. The molecule has 0 atom stereocenters. The Morgan fingerprint density at radius 3 is 2.40 bits per heavy atom. The SMILES string of the molecule is Cc1ccc(C(=O)NNC2=CC(=O)CC(C)(C)C2)cc1. The molecule has 0 heterocycles. The van der Waals surface area contributed by atoms with Gasteiger partial charge in [-0.25, -0.2) is 0 Å². The number of hydrogen-bond donors (Lipinski definition) is 2. The lowest BCUT2D eigenvalue weighted by Gasteiger charge is -2.29. The van der Waals surface area contributed by atoms with Crippen LogP contribution in [0.4, 0.5) is 0 Å². The van der Waals surface area contributed by atoms with Gasteiger partial charge in [-0.2, -0.15) is 0 Å². The van der Waals surface area contributed by atoms with Gasteiger partial charge in [0.15, 0.2) is 5.78 Å². The third kappa shape index (κ3) is 3.70. The number of aryl methyl sites for hydroxylation is 1. The molecule has 1 amide bonds. The van der Waals surface area contributed by atoms with Crippen molar-refractivity contribution >= 4 is 11.7 Å². The van der Waals surface area contributed by atoms with Crippen LogP contribution in [0.15, 0.2) is 36.0 Å². The minimum absolute atomic E-state index is 0.0667. The van der Waals surface area contributed by atoms with Crippen molar-refractivity contribution in [2.24, 2.45) is 5.41 Å². The molecule has 0 spiro atoms. The fourth-order valence-electron chi connectivity index (χ4n) is 2.34. The number of rotatable bonds is 3. The molecular formula is C16H20N2O2. The van der Waals surface area contributed by atoms with E-state index in [1.54, 1.807) is 18.2 Å². The third-order valence-corrected chi connectivity index (χ3v) is 3.31. The number of benzene rings is 1. The van der Waals surface area contributed by atoms with Crippen LogP contribution in [-0.2, 0) is 4.79 Å². The van der Waals surface area contributed by atoms with Crippen molar-refractivity contribution in [3.63, 3.8) is 0 Å². The van der Waals surface area contributed by atoms with E-state index in [9.17, 15) is 9.59 Å². The Hall–Kier alpha value is -2.10. The second kappa shape index (κ2) is 5.49. The van der Waals surface area contributed by atoms with E-state index in [4.69, 9.17) is 0 Å². The van der Waals surface area contributed by atoms with E-state index < -0.39 is 0 Å². The number of allylic oxidation sites excluding steroid dienone is 2. The lowest BCUT2D eigenvalue weighted by atomic mass is 9.79.